The normalized spacial score (nSPS) is 18.6. The number of nitrogens with one attached hydrogen (secondary N) is 1. The maximum absolute atomic E-state index is 12.3. The van der Waals surface area contributed by atoms with Gasteiger partial charge in [-0.05, 0) is 18.4 Å². The zero-order chi connectivity index (χ0) is 22.2. The molecule has 1 aliphatic rings. The number of oxazole rings is 1. The molecule has 1 aromatic carbocycles. The average molecular weight is 431 g/mol. The zero-order valence-corrected chi connectivity index (χ0v) is 17.9. The molecular weight excluding hydrogens is 402 g/mol. The van der Waals surface area contributed by atoms with Gasteiger partial charge in [-0.3, -0.25) is 0 Å². The van der Waals surface area contributed by atoms with Gasteiger partial charge in [0, 0.05) is 19.6 Å². The molecule has 0 bridgehead atoms. The molecule has 2 heterocycles. The number of carbonyl (C=O) groups is 2. The van der Waals surface area contributed by atoms with Crippen LogP contribution in [0, 0.1) is 0 Å². The van der Waals surface area contributed by atoms with E-state index in [4.69, 9.17) is 13.9 Å². The molecule has 1 aliphatic heterocycles. The van der Waals surface area contributed by atoms with Crippen molar-refractivity contribution in [2.45, 2.75) is 51.9 Å². The summed E-state index contributed by atoms with van der Waals surface area (Å²) in [6, 6.07) is 9.52. The number of hydrogen-bond donors (Lipinski definition) is 2. The maximum Gasteiger partial charge on any atom is 0.407 e. The number of carboxylic acids is 1. The number of amides is 1. The number of benzene rings is 1. The third-order valence-electron chi connectivity index (χ3n) is 5.09. The van der Waals surface area contributed by atoms with Gasteiger partial charge in [0.25, 0.3) is 6.01 Å². The van der Waals surface area contributed by atoms with Crippen LogP contribution in [0.25, 0.3) is 0 Å². The Hall–Kier alpha value is -3.07. The fourth-order valence-corrected chi connectivity index (χ4v) is 3.49. The van der Waals surface area contributed by atoms with Crippen LogP contribution in [0.15, 0.2) is 34.7 Å². The third-order valence-corrected chi connectivity index (χ3v) is 5.09. The summed E-state index contributed by atoms with van der Waals surface area (Å²) in [6.45, 7) is 5.53. The highest BCUT2D eigenvalue weighted by Gasteiger charge is 2.34. The lowest BCUT2D eigenvalue weighted by Gasteiger charge is -2.37. The number of rotatable bonds is 9. The van der Waals surface area contributed by atoms with E-state index in [1.54, 1.807) is 0 Å². The number of piperidine rings is 1. The van der Waals surface area contributed by atoms with Crippen molar-refractivity contribution in [2.75, 3.05) is 24.6 Å². The summed E-state index contributed by atoms with van der Waals surface area (Å²) >= 11 is 0. The Labute approximate surface area is 181 Å². The van der Waals surface area contributed by atoms with Crippen molar-refractivity contribution in [3.8, 4) is 0 Å². The SMILES string of the molecule is CCCO[C@H]1CN(c2nc(C(=O)O)c(CC)o2)CC[C@H]1NC(=O)OCc1ccccc1. The Morgan fingerprint density at radius 2 is 2.06 bits per heavy atom. The largest absolute Gasteiger partial charge is 0.476 e. The molecule has 0 aliphatic carbocycles. The number of carbonyl (C=O) groups excluding carboxylic acids is 1. The number of aromatic carboxylic acids is 1. The molecule has 0 saturated carbocycles. The van der Waals surface area contributed by atoms with Gasteiger partial charge in [0.15, 0.2) is 5.69 Å². The van der Waals surface area contributed by atoms with Crippen LogP contribution in [0.5, 0.6) is 0 Å². The lowest BCUT2D eigenvalue weighted by atomic mass is 10.0. The van der Waals surface area contributed by atoms with Crippen molar-refractivity contribution in [3.05, 3.63) is 47.3 Å². The van der Waals surface area contributed by atoms with E-state index in [-0.39, 0.29) is 30.5 Å². The second kappa shape index (κ2) is 10.8. The van der Waals surface area contributed by atoms with Crippen LogP contribution in [0.3, 0.4) is 0 Å². The Balaban J connectivity index is 1.62. The Morgan fingerprint density at radius 3 is 2.71 bits per heavy atom. The van der Waals surface area contributed by atoms with Gasteiger partial charge in [-0.25, -0.2) is 9.59 Å². The monoisotopic (exact) mass is 431 g/mol. The first-order valence-corrected chi connectivity index (χ1v) is 10.6. The topological polar surface area (TPSA) is 114 Å². The molecule has 1 aromatic heterocycles. The minimum atomic E-state index is -1.11. The van der Waals surface area contributed by atoms with Gasteiger partial charge in [-0.1, -0.05) is 44.2 Å². The van der Waals surface area contributed by atoms with Crippen molar-refractivity contribution < 1.29 is 28.6 Å². The van der Waals surface area contributed by atoms with E-state index in [0.29, 0.717) is 38.3 Å². The number of aryl methyl sites for hydroxylation is 1. The van der Waals surface area contributed by atoms with Gasteiger partial charge in [-0.2, -0.15) is 4.98 Å². The minimum absolute atomic E-state index is 0.0618. The van der Waals surface area contributed by atoms with Gasteiger partial charge < -0.3 is 29.2 Å². The average Bonchev–Trinajstić information content (AvgIpc) is 3.22. The number of aromatic nitrogens is 1. The summed E-state index contributed by atoms with van der Waals surface area (Å²) in [5.41, 5.74) is 0.851. The number of carboxylic acid groups (broad SMARTS) is 1. The molecule has 2 N–H and O–H groups in total. The Morgan fingerprint density at radius 1 is 1.29 bits per heavy atom. The summed E-state index contributed by atoms with van der Waals surface area (Å²) in [5.74, 6) is -0.762. The van der Waals surface area contributed by atoms with Gasteiger partial charge in [0.05, 0.1) is 18.7 Å². The van der Waals surface area contributed by atoms with E-state index < -0.39 is 12.1 Å². The fourth-order valence-electron chi connectivity index (χ4n) is 3.49. The summed E-state index contributed by atoms with van der Waals surface area (Å²) in [4.78, 5) is 29.7. The molecule has 2 atom stereocenters. The van der Waals surface area contributed by atoms with Gasteiger partial charge in [0.1, 0.15) is 12.4 Å². The van der Waals surface area contributed by atoms with Gasteiger partial charge >= 0.3 is 12.1 Å². The number of nitrogens with zero attached hydrogens (tertiary/aromatic N) is 2. The van der Waals surface area contributed by atoms with E-state index in [9.17, 15) is 14.7 Å². The molecule has 0 spiro atoms. The first-order valence-electron chi connectivity index (χ1n) is 10.6. The molecule has 9 nitrogen and oxygen atoms in total. The Bertz CT molecular complexity index is 869. The molecule has 0 radical (unpaired) electrons. The van der Waals surface area contributed by atoms with Crippen LogP contribution in [-0.4, -0.2) is 54.0 Å². The number of ether oxygens (including phenoxy) is 2. The molecule has 3 rings (SSSR count). The second-order valence-corrected chi connectivity index (χ2v) is 7.38. The van der Waals surface area contributed by atoms with Crippen molar-refractivity contribution in [1.29, 1.82) is 0 Å². The first kappa shape index (κ1) is 22.6. The maximum atomic E-state index is 12.3. The molecule has 0 unspecified atom stereocenters. The summed E-state index contributed by atoms with van der Waals surface area (Å²) < 4.78 is 17.0. The lowest BCUT2D eigenvalue weighted by molar-refractivity contribution is 0.0184. The molecule has 2 aromatic rings. The minimum Gasteiger partial charge on any atom is -0.476 e. The predicted octanol–water partition coefficient (Wildman–Crippen LogP) is 3.24. The standard InChI is InChI=1S/C22H29N3O6/c1-3-12-29-18-13-25(21-24-19(20(26)27)17(4-2)31-21)11-10-16(18)23-22(28)30-14-15-8-6-5-7-9-15/h5-9,16,18H,3-4,10-14H2,1-2H3,(H,23,28)(H,26,27)/t16-,18+/m1/s1. The second-order valence-electron chi connectivity index (χ2n) is 7.38. The van der Waals surface area contributed by atoms with Crippen LogP contribution in [0.4, 0.5) is 10.8 Å². The van der Waals surface area contributed by atoms with Crippen LogP contribution in [-0.2, 0) is 22.5 Å². The molecule has 9 heteroatoms. The molecule has 1 amide bonds. The van der Waals surface area contributed by atoms with E-state index in [1.807, 2.05) is 49.1 Å². The predicted molar refractivity (Wildman–Crippen MR) is 113 cm³/mol. The molecule has 31 heavy (non-hydrogen) atoms. The fraction of sp³-hybridized carbons (Fsp3) is 0.500. The van der Waals surface area contributed by atoms with E-state index in [1.165, 1.54) is 0 Å². The van der Waals surface area contributed by atoms with Crippen LogP contribution in [0.1, 0.15) is 48.5 Å². The van der Waals surface area contributed by atoms with E-state index in [0.717, 1.165) is 12.0 Å². The van der Waals surface area contributed by atoms with Gasteiger partial charge in [-0.15, -0.1) is 0 Å². The molecular formula is C22H29N3O6. The van der Waals surface area contributed by atoms with E-state index in [2.05, 4.69) is 10.3 Å². The quantitative estimate of drug-likeness (QED) is 0.622. The van der Waals surface area contributed by atoms with Crippen molar-refractivity contribution in [2.24, 2.45) is 0 Å². The molecule has 1 saturated heterocycles. The first-order chi connectivity index (χ1) is 15.0. The van der Waals surface area contributed by atoms with Crippen molar-refractivity contribution in [1.82, 2.24) is 10.3 Å². The summed E-state index contributed by atoms with van der Waals surface area (Å²) in [6.07, 6.45) is 1.06. The highest BCUT2D eigenvalue weighted by atomic mass is 16.5. The van der Waals surface area contributed by atoms with E-state index >= 15 is 0 Å². The van der Waals surface area contributed by atoms with Crippen molar-refractivity contribution >= 4 is 18.1 Å². The highest BCUT2D eigenvalue weighted by molar-refractivity contribution is 5.86. The zero-order valence-electron chi connectivity index (χ0n) is 17.9. The van der Waals surface area contributed by atoms with Crippen LogP contribution in [0.2, 0.25) is 0 Å². The van der Waals surface area contributed by atoms with Crippen molar-refractivity contribution in [3.63, 3.8) is 0 Å². The molecule has 1 fully saturated rings. The number of alkyl carbamates (subject to hydrolysis) is 1. The summed E-state index contributed by atoms with van der Waals surface area (Å²) in [7, 11) is 0. The third kappa shape index (κ3) is 5.97. The number of hydrogen-bond acceptors (Lipinski definition) is 7. The van der Waals surface area contributed by atoms with Crippen LogP contribution < -0.4 is 10.2 Å². The van der Waals surface area contributed by atoms with Gasteiger partial charge in [0.2, 0.25) is 0 Å². The summed E-state index contributed by atoms with van der Waals surface area (Å²) in [5, 5.41) is 12.2. The highest BCUT2D eigenvalue weighted by Crippen LogP contribution is 2.25. The lowest BCUT2D eigenvalue weighted by Crippen LogP contribution is -2.55. The smallest absolute Gasteiger partial charge is 0.407 e. The number of anilines is 1. The van der Waals surface area contributed by atoms with Crippen LogP contribution >= 0.6 is 0 Å². The Kier molecular flexibility index (Phi) is 7.88. The molecule has 168 valence electrons.